The Kier molecular flexibility index (Phi) is 7.04. The second-order valence-corrected chi connectivity index (χ2v) is 11.9. The van der Waals surface area contributed by atoms with Gasteiger partial charge in [-0.1, -0.05) is 6.07 Å². The standard InChI is InChI=1S/C27H30IN2O2S/c1-3-30(28-2)27(31)20-10-11-23-25(17-20)32-24-9-5-4-8-22(24)26(23)19-12-14-29(15-13-19)18-21-7-6-16-33-21/h4-11,16-17,19,26H,3,12-15,18H2,1-2H3/q-1. The first-order chi connectivity index (χ1) is 16.2. The number of carbonyl (C=O) groups excluding carboxylic acids is 1. The van der Waals surface area contributed by atoms with Crippen molar-refractivity contribution in [1.29, 1.82) is 0 Å². The zero-order valence-corrected chi connectivity index (χ0v) is 22.1. The summed E-state index contributed by atoms with van der Waals surface area (Å²) >= 11 is 1.57. The number of alkyl halides is 1. The zero-order valence-electron chi connectivity index (χ0n) is 19.2. The van der Waals surface area contributed by atoms with Crippen molar-refractivity contribution in [3.8, 4) is 11.5 Å². The van der Waals surface area contributed by atoms with E-state index in [9.17, 15) is 4.79 Å². The number of fused-ring (bicyclic) bond motifs is 2. The van der Waals surface area contributed by atoms with Gasteiger partial charge in [0.1, 0.15) is 0 Å². The Morgan fingerprint density at radius 1 is 1.09 bits per heavy atom. The summed E-state index contributed by atoms with van der Waals surface area (Å²) in [6, 6.07) is 19.0. The third-order valence-electron chi connectivity index (χ3n) is 6.83. The van der Waals surface area contributed by atoms with Gasteiger partial charge in [-0.3, -0.25) is 0 Å². The molecule has 5 rings (SSSR count). The van der Waals surface area contributed by atoms with E-state index in [1.54, 1.807) is 0 Å². The van der Waals surface area contributed by atoms with Crippen molar-refractivity contribution in [2.24, 2.45) is 5.92 Å². The number of hydrogen-bond donors (Lipinski definition) is 0. The second kappa shape index (κ2) is 10.2. The number of hydrogen-bond acceptors (Lipinski definition) is 4. The predicted molar refractivity (Wildman–Crippen MR) is 130 cm³/mol. The number of amides is 1. The number of ether oxygens (including phenoxy) is 1. The molecule has 1 amide bonds. The monoisotopic (exact) mass is 573 g/mol. The summed E-state index contributed by atoms with van der Waals surface area (Å²) in [5.74, 6) is 2.81. The molecule has 2 aliphatic heterocycles. The van der Waals surface area contributed by atoms with Crippen LogP contribution < -0.4 is 26.2 Å². The van der Waals surface area contributed by atoms with E-state index in [-0.39, 0.29) is 27.4 Å². The van der Waals surface area contributed by atoms with Gasteiger partial charge in [-0.15, -0.1) is 11.3 Å². The van der Waals surface area contributed by atoms with Crippen molar-refractivity contribution in [3.05, 3.63) is 81.5 Å². The molecule has 6 heteroatoms. The molecule has 0 radical (unpaired) electrons. The van der Waals surface area contributed by atoms with Gasteiger partial charge in [0.15, 0.2) is 0 Å². The molecule has 1 atom stereocenters. The van der Waals surface area contributed by atoms with Gasteiger partial charge in [-0.2, -0.15) is 0 Å². The quantitative estimate of drug-likeness (QED) is 0.259. The Hall–Kier alpha value is -1.90. The fraction of sp³-hybridized carbons (Fsp3) is 0.370. The minimum absolute atomic E-state index is 0.122. The van der Waals surface area contributed by atoms with Crippen molar-refractivity contribution >= 4 is 17.2 Å². The number of nitrogens with zero attached hydrogens (tertiary/aromatic N) is 2. The third-order valence-corrected chi connectivity index (χ3v) is 9.98. The first-order valence-corrected chi connectivity index (χ1v) is 15.6. The Balaban J connectivity index is 1.41. The molecule has 4 nitrogen and oxygen atoms in total. The van der Waals surface area contributed by atoms with Gasteiger partial charge in [0.25, 0.3) is 0 Å². The van der Waals surface area contributed by atoms with Crippen LogP contribution >= 0.6 is 11.3 Å². The molecule has 1 saturated heterocycles. The van der Waals surface area contributed by atoms with Crippen LogP contribution in [0.15, 0.2) is 60.0 Å². The van der Waals surface area contributed by atoms with E-state index in [1.165, 1.54) is 28.8 Å². The molecule has 33 heavy (non-hydrogen) atoms. The molecule has 1 unspecified atom stereocenters. The fourth-order valence-corrected chi connectivity index (χ4v) is 7.33. The second-order valence-electron chi connectivity index (χ2n) is 8.72. The van der Waals surface area contributed by atoms with Crippen LogP contribution in [0, 0.1) is 5.92 Å². The molecule has 0 saturated carbocycles. The number of benzene rings is 2. The van der Waals surface area contributed by atoms with E-state index >= 15 is 0 Å². The molecule has 3 heterocycles. The number of para-hydroxylation sites is 1. The van der Waals surface area contributed by atoms with E-state index in [0.29, 0.717) is 11.8 Å². The maximum absolute atomic E-state index is 13.0. The van der Waals surface area contributed by atoms with Crippen LogP contribution in [-0.4, -0.2) is 38.5 Å². The van der Waals surface area contributed by atoms with Crippen molar-refractivity contribution in [1.82, 2.24) is 8.01 Å². The topological polar surface area (TPSA) is 32.8 Å². The van der Waals surface area contributed by atoms with Gasteiger partial charge >= 0.3 is 178 Å². The minimum atomic E-state index is -0.281. The van der Waals surface area contributed by atoms with Crippen LogP contribution in [0.2, 0.25) is 0 Å². The molecular formula is C27H30IN2O2S-. The van der Waals surface area contributed by atoms with Gasteiger partial charge in [0, 0.05) is 4.88 Å². The molecule has 0 spiro atoms. The third kappa shape index (κ3) is 4.70. The summed E-state index contributed by atoms with van der Waals surface area (Å²) in [7, 11) is 0. The van der Waals surface area contributed by atoms with Crippen LogP contribution in [0.3, 0.4) is 0 Å². The van der Waals surface area contributed by atoms with E-state index < -0.39 is 0 Å². The Bertz CT molecular complexity index is 1110. The number of carbonyl (C=O) groups is 1. The normalized spacial score (nSPS) is 18.4. The molecule has 2 aliphatic rings. The molecule has 174 valence electrons. The summed E-state index contributed by atoms with van der Waals surface area (Å²) in [5.41, 5.74) is 3.26. The summed E-state index contributed by atoms with van der Waals surface area (Å²) in [6.45, 7) is 6.12. The summed E-state index contributed by atoms with van der Waals surface area (Å²) < 4.78 is 8.33. The summed E-state index contributed by atoms with van der Waals surface area (Å²) in [6.07, 6.45) is 2.35. The summed E-state index contributed by atoms with van der Waals surface area (Å²) in [5, 5.41) is 2.17. The molecule has 0 N–H and O–H groups in total. The average Bonchev–Trinajstić information content (AvgIpc) is 3.36. The molecule has 1 fully saturated rings. The number of likely N-dealkylation sites (tertiary alicyclic amines) is 1. The van der Waals surface area contributed by atoms with Crippen LogP contribution in [0.5, 0.6) is 11.5 Å². The van der Waals surface area contributed by atoms with E-state index in [4.69, 9.17) is 4.74 Å². The van der Waals surface area contributed by atoms with Crippen LogP contribution in [0.25, 0.3) is 0 Å². The van der Waals surface area contributed by atoms with E-state index in [0.717, 1.165) is 43.2 Å². The molecule has 2 aromatic carbocycles. The SMILES string of the molecule is CCN([I-]C)C(=O)c1ccc2c(c1)Oc1ccccc1C2C1CCN(Cc2cccs2)CC1. The van der Waals surface area contributed by atoms with Crippen molar-refractivity contribution in [3.63, 3.8) is 0 Å². The molecular weight excluding hydrogens is 543 g/mol. The van der Waals surface area contributed by atoms with Gasteiger partial charge in [-0.05, 0) is 11.4 Å². The number of halogens is 1. The van der Waals surface area contributed by atoms with Crippen LogP contribution in [0.1, 0.15) is 52.0 Å². The van der Waals surface area contributed by atoms with Gasteiger partial charge < -0.3 is 0 Å². The van der Waals surface area contributed by atoms with Crippen molar-refractivity contribution < 1.29 is 31.0 Å². The van der Waals surface area contributed by atoms with Crippen LogP contribution in [0.4, 0.5) is 0 Å². The van der Waals surface area contributed by atoms with Gasteiger partial charge in [-0.25, -0.2) is 0 Å². The van der Waals surface area contributed by atoms with E-state index in [2.05, 4.69) is 51.6 Å². The summed E-state index contributed by atoms with van der Waals surface area (Å²) in [4.78, 5) is 19.1. The molecule has 0 bridgehead atoms. The van der Waals surface area contributed by atoms with Crippen molar-refractivity contribution in [2.75, 3.05) is 24.6 Å². The predicted octanol–water partition coefficient (Wildman–Crippen LogP) is 2.99. The maximum atomic E-state index is 13.0. The van der Waals surface area contributed by atoms with Crippen LogP contribution in [-0.2, 0) is 6.54 Å². The van der Waals surface area contributed by atoms with Gasteiger partial charge in [0.2, 0.25) is 0 Å². The number of rotatable bonds is 6. The Morgan fingerprint density at radius 3 is 2.61 bits per heavy atom. The first kappa shape index (κ1) is 22.9. The van der Waals surface area contributed by atoms with Gasteiger partial charge in [0.05, 0.1) is 0 Å². The Morgan fingerprint density at radius 2 is 1.88 bits per heavy atom. The fourth-order valence-electron chi connectivity index (χ4n) is 5.18. The Labute approximate surface area is 211 Å². The molecule has 1 aromatic heterocycles. The first-order valence-electron chi connectivity index (χ1n) is 11.6. The number of thiophene rings is 1. The average molecular weight is 574 g/mol. The van der Waals surface area contributed by atoms with E-state index in [1.807, 2.05) is 39.6 Å². The molecule has 3 aromatic rings. The zero-order chi connectivity index (χ0) is 22.8. The number of piperidine rings is 1. The van der Waals surface area contributed by atoms with Crippen molar-refractivity contribution in [2.45, 2.75) is 32.2 Å². The molecule has 0 aliphatic carbocycles.